The molecule has 0 saturated carbocycles. The number of rotatable bonds is 4. The molecule has 3 rings (SSSR count). The molecule has 0 radical (unpaired) electrons. The Morgan fingerprint density at radius 3 is 3.09 bits per heavy atom. The predicted octanol–water partition coefficient (Wildman–Crippen LogP) is 1.31. The normalized spacial score (nSPS) is 24.7. The lowest BCUT2D eigenvalue weighted by Crippen LogP contribution is -2.57. The first-order valence-corrected chi connectivity index (χ1v) is 8.42. The van der Waals surface area contributed by atoms with Gasteiger partial charge in [-0.1, -0.05) is 0 Å². The zero-order valence-corrected chi connectivity index (χ0v) is 14.3. The van der Waals surface area contributed by atoms with Gasteiger partial charge in [-0.25, -0.2) is 4.79 Å². The molecule has 0 aliphatic carbocycles. The smallest absolute Gasteiger partial charge is 0.323 e. The third-order valence-corrected chi connectivity index (χ3v) is 4.93. The average molecular weight is 321 g/mol. The van der Waals surface area contributed by atoms with Crippen molar-refractivity contribution >= 4 is 11.8 Å². The summed E-state index contributed by atoms with van der Waals surface area (Å²) >= 11 is 0. The Morgan fingerprint density at radius 1 is 1.48 bits per heavy atom. The highest BCUT2D eigenvalue weighted by molar-refractivity contribution is 5.88. The van der Waals surface area contributed by atoms with Crippen LogP contribution < -0.4 is 5.32 Å². The van der Waals surface area contributed by atoms with E-state index in [1.54, 1.807) is 11.8 Å². The fraction of sp³-hybridized carbons (Fsp3) is 0.750. The molecule has 2 atom stereocenters. The number of aryl methyl sites for hydroxylation is 1. The summed E-state index contributed by atoms with van der Waals surface area (Å²) in [6, 6.07) is 2.67. The number of methoxy groups -OCH3 is 1. The first-order valence-electron chi connectivity index (χ1n) is 8.42. The molecule has 7 heteroatoms. The summed E-state index contributed by atoms with van der Waals surface area (Å²) in [6.07, 6.45) is 3.19. The number of anilines is 1. The lowest BCUT2D eigenvalue weighted by Gasteiger charge is -2.42. The second kappa shape index (κ2) is 6.88. The van der Waals surface area contributed by atoms with E-state index < -0.39 is 0 Å². The maximum Gasteiger partial charge on any atom is 0.323 e. The summed E-state index contributed by atoms with van der Waals surface area (Å²) < 4.78 is 6.80. The molecule has 0 bridgehead atoms. The Hall–Kier alpha value is -1.60. The fourth-order valence-electron chi connectivity index (χ4n) is 3.62. The topological polar surface area (TPSA) is 62.6 Å². The Kier molecular flexibility index (Phi) is 4.87. The van der Waals surface area contributed by atoms with Gasteiger partial charge < -0.3 is 9.64 Å². The second-order valence-corrected chi connectivity index (χ2v) is 6.61. The van der Waals surface area contributed by atoms with Crippen LogP contribution in [0, 0.1) is 0 Å². The predicted molar refractivity (Wildman–Crippen MR) is 88.6 cm³/mol. The molecule has 2 aliphatic heterocycles. The summed E-state index contributed by atoms with van der Waals surface area (Å²) in [5.41, 5.74) is 0.929. The minimum absolute atomic E-state index is 0.0228. The molecular weight excluding hydrogens is 294 g/mol. The highest BCUT2D eigenvalue weighted by Gasteiger charge is 2.36. The number of carbonyl (C=O) groups is 1. The van der Waals surface area contributed by atoms with Crippen LogP contribution in [-0.4, -0.2) is 71.0 Å². The number of hydrogen-bond donors (Lipinski definition) is 1. The number of ether oxygens (including phenoxy) is 1. The van der Waals surface area contributed by atoms with Gasteiger partial charge in [-0.15, -0.1) is 0 Å². The number of amides is 2. The van der Waals surface area contributed by atoms with Gasteiger partial charge in [0.15, 0.2) is 0 Å². The van der Waals surface area contributed by atoms with Crippen LogP contribution in [0.3, 0.4) is 0 Å². The lowest BCUT2D eigenvalue weighted by molar-refractivity contribution is 0.0860. The van der Waals surface area contributed by atoms with Gasteiger partial charge in [-0.2, -0.15) is 5.10 Å². The van der Waals surface area contributed by atoms with E-state index >= 15 is 0 Å². The van der Waals surface area contributed by atoms with Crippen molar-refractivity contribution in [3.05, 3.63) is 11.8 Å². The molecule has 0 aromatic carbocycles. The third kappa shape index (κ3) is 3.50. The van der Waals surface area contributed by atoms with Gasteiger partial charge in [0, 0.05) is 51.8 Å². The molecule has 2 saturated heterocycles. The SMILES string of the molecule is COCCc1cc(NC(=O)N2C[C@@H]3CCCN3C[C@H]2C)n(C)n1. The Balaban J connectivity index is 1.63. The molecule has 23 heavy (non-hydrogen) atoms. The Labute approximate surface area is 137 Å². The number of nitrogens with zero attached hydrogens (tertiary/aromatic N) is 4. The molecule has 7 nitrogen and oxygen atoms in total. The van der Waals surface area contributed by atoms with Crippen molar-refractivity contribution in [1.82, 2.24) is 19.6 Å². The summed E-state index contributed by atoms with van der Waals surface area (Å²) in [4.78, 5) is 17.2. The molecular formula is C16H27N5O2. The summed E-state index contributed by atoms with van der Waals surface area (Å²) in [5, 5.41) is 7.43. The molecule has 1 aromatic heterocycles. The standard InChI is InChI=1S/C16H27N5O2/c1-12-10-20-7-4-5-14(20)11-21(12)16(22)17-15-9-13(6-8-23-3)18-19(15)2/h9,12,14H,4-8,10-11H2,1-3H3,(H,17,22)/t12-,14+/m1/s1. The van der Waals surface area contributed by atoms with Gasteiger partial charge in [0.25, 0.3) is 0 Å². The van der Waals surface area contributed by atoms with Crippen molar-refractivity contribution in [1.29, 1.82) is 0 Å². The molecule has 1 N–H and O–H groups in total. The van der Waals surface area contributed by atoms with E-state index in [4.69, 9.17) is 4.74 Å². The minimum atomic E-state index is -0.0228. The molecule has 2 amide bonds. The molecule has 3 heterocycles. The maximum atomic E-state index is 12.7. The summed E-state index contributed by atoms with van der Waals surface area (Å²) in [6.45, 7) is 5.73. The maximum absolute atomic E-state index is 12.7. The van der Waals surface area contributed by atoms with Crippen LogP contribution in [0.15, 0.2) is 6.07 Å². The monoisotopic (exact) mass is 321 g/mol. The molecule has 1 aromatic rings. The van der Waals surface area contributed by atoms with Crippen molar-refractivity contribution < 1.29 is 9.53 Å². The van der Waals surface area contributed by atoms with Crippen LogP contribution in [0.25, 0.3) is 0 Å². The van der Waals surface area contributed by atoms with E-state index in [2.05, 4.69) is 22.2 Å². The number of carbonyl (C=O) groups excluding carboxylic acids is 1. The van der Waals surface area contributed by atoms with Gasteiger partial charge in [0.2, 0.25) is 0 Å². The first-order chi connectivity index (χ1) is 11.1. The number of piperazine rings is 1. The molecule has 2 aliphatic rings. The van der Waals surface area contributed by atoms with E-state index in [0.29, 0.717) is 12.6 Å². The van der Waals surface area contributed by atoms with Crippen LogP contribution in [0.1, 0.15) is 25.5 Å². The summed E-state index contributed by atoms with van der Waals surface area (Å²) in [5.74, 6) is 0.738. The lowest BCUT2D eigenvalue weighted by atomic mass is 10.1. The highest BCUT2D eigenvalue weighted by Crippen LogP contribution is 2.25. The van der Waals surface area contributed by atoms with Crippen molar-refractivity contribution in [3.8, 4) is 0 Å². The Morgan fingerprint density at radius 2 is 2.30 bits per heavy atom. The minimum Gasteiger partial charge on any atom is -0.384 e. The highest BCUT2D eigenvalue weighted by atomic mass is 16.5. The van der Waals surface area contributed by atoms with E-state index in [1.807, 2.05) is 18.0 Å². The molecule has 128 valence electrons. The van der Waals surface area contributed by atoms with E-state index in [9.17, 15) is 4.79 Å². The van der Waals surface area contributed by atoms with E-state index in [1.165, 1.54) is 19.4 Å². The van der Waals surface area contributed by atoms with Gasteiger partial charge in [-0.05, 0) is 26.3 Å². The van der Waals surface area contributed by atoms with Gasteiger partial charge in [0.05, 0.1) is 12.3 Å². The van der Waals surface area contributed by atoms with Gasteiger partial charge in [-0.3, -0.25) is 14.9 Å². The second-order valence-electron chi connectivity index (χ2n) is 6.61. The van der Waals surface area contributed by atoms with Crippen molar-refractivity contribution in [2.24, 2.45) is 7.05 Å². The van der Waals surface area contributed by atoms with Crippen LogP contribution in [0.2, 0.25) is 0 Å². The van der Waals surface area contributed by atoms with Crippen molar-refractivity contribution in [2.75, 3.05) is 38.7 Å². The third-order valence-electron chi connectivity index (χ3n) is 4.93. The Bertz CT molecular complexity index is 559. The number of aromatic nitrogens is 2. The number of hydrogen-bond acceptors (Lipinski definition) is 4. The van der Waals surface area contributed by atoms with Crippen LogP contribution in [0.4, 0.5) is 10.6 Å². The average Bonchev–Trinajstić information content (AvgIpc) is 3.10. The quantitative estimate of drug-likeness (QED) is 0.908. The van der Waals surface area contributed by atoms with Gasteiger partial charge in [0.1, 0.15) is 5.82 Å². The van der Waals surface area contributed by atoms with Gasteiger partial charge >= 0.3 is 6.03 Å². The fourth-order valence-corrected chi connectivity index (χ4v) is 3.62. The van der Waals surface area contributed by atoms with E-state index in [-0.39, 0.29) is 12.1 Å². The largest absolute Gasteiger partial charge is 0.384 e. The zero-order chi connectivity index (χ0) is 16.4. The van der Waals surface area contributed by atoms with Crippen LogP contribution in [-0.2, 0) is 18.2 Å². The van der Waals surface area contributed by atoms with E-state index in [0.717, 1.165) is 31.0 Å². The number of urea groups is 1. The van der Waals surface area contributed by atoms with Crippen molar-refractivity contribution in [2.45, 2.75) is 38.3 Å². The first kappa shape index (κ1) is 16.3. The number of fused-ring (bicyclic) bond motifs is 1. The van der Waals surface area contributed by atoms with Crippen LogP contribution in [0.5, 0.6) is 0 Å². The molecule has 0 unspecified atom stereocenters. The van der Waals surface area contributed by atoms with Crippen LogP contribution >= 0.6 is 0 Å². The summed E-state index contributed by atoms with van der Waals surface area (Å²) in [7, 11) is 3.53. The molecule has 2 fully saturated rings. The van der Waals surface area contributed by atoms with Crippen molar-refractivity contribution in [3.63, 3.8) is 0 Å². The number of nitrogens with one attached hydrogen (secondary N) is 1. The zero-order valence-electron chi connectivity index (χ0n) is 14.3. The molecule has 0 spiro atoms.